The standard InChI is InChI=1S/C14H16N4O2S/c1-9-17-12(8-21-9)10-5-11(16-6-10)14(20)18-4-2-3-15-13(19)7-18/h5-6,8,16H,2-4,7H2,1H3,(H,15,19). The molecule has 0 spiro atoms. The van der Waals surface area contributed by atoms with Gasteiger partial charge in [-0.25, -0.2) is 4.98 Å². The Bertz CT molecular complexity index is 676. The van der Waals surface area contributed by atoms with Gasteiger partial charge in [-0.1, -0.05) is 0 Å². The smallest absolute Gasteiger partial charge is 0.270 e. The zero-order chi connectivity index (χ0) is 14.8. The molecule has 110 valence electrons. The third-order valence-electron chi connectivity index (χ3n) is 3.38. The summed E-state index contributed by atoms with van der Waals surface area (Å²) in [6, 6.07) is 1.79. The maximum absolute atomic E-state index is 12.4. The van der Waals surface area contributed by atoms with Crippen molar-refractivity contribution in [2.24, 2.45) is 0 Å². The highest BCUT2D eigenvalue weighted by atomic mass is 32.1. The van der Waals surface area contributed by atoms with Gasteiger partial charge in [0.05, 0.1) is 17.2 Å². The second-order valence-corrected chi connectivity index (χ2v) is 6.05. The summed E-state index contributed by atoms with van der Waals surface area (Å²) in [7, 11) is 0. The summed E-state index contributed by atoms with van der Waals surface area (Å²) >= 11 is 1.57. The summed E-state index contributed by atoms with van der Waals surface area (Å²) in [4.78, 5) is 32.9. The largest absolute Gasteiger partial charge is 0.357 e. The number of amides is 2. The molecule has 2 aromatic heterocycles. The number of aromatic amines is 1. The van der Waals surface area contributed by atoms with E-state index in [-0.39, 0.29) is 18.4 Å². The number of carbonyl (C=O) groups is 2. The molecule has 3 rings (SSSR count). The van der Waals surface area contributed by atoms with E-state index in [1.54, 1.807) is 28.5 Å². The number of nitrogens with zero attached hydrogens (tertiary/aromatic N) is 2. The molecule has 2 amide bonds. The zero-order valence-electron chi connectivity index (χ0n) is 11.7. The Morgan fingerprint density at radius 1 is 1.48 bits per heavy atom. The summed E-state index contributed by atoms with van der Waals surface area (Å²) in [6.45, 7) is 3.27. The molecule has 0 aromatic carbocycles. The summed E-state index contributed by atoms with van der Waals surface area (Å²) in [5.41, 5.74) is 2.24. The molecule has 2 aromatic rings. The summed E-state index contributed by atoms with van der Waals surface area (Å²) in [5.74, 6) is -0.256. The fraction of sp³-hybridized carbons (Fsp3) is 0.357. The number of thiazole rings is 1. The molecule has 21 heavy (non-hydrogen) atoms. The predicted octanol–water partition coefficient (Wildman–Crippen LogP) is 1.41. The molecule has 6 nitrogen and oxygen atoms in total. The van der Waals surface area contributed by atoms with Gasteiger partial charge >= 0.3 is 0 Å². The van der Waals surface area contributed by atoms with Crippen LogP contribution in [-0.4, -0.2) is 46.3 Å². The van der Waals surface area contributed by atoms with E-state index in [4.69, 9.17) is 0 Å². The third-order valence-corrected chi connectivity index (χ3v) is 4.15. The first-order chi connectivity index (χ1) is 10.1. The van der Waals surface area contributed by atoms with Crippen LogP contribution >= 0.6 is 11.3 Å². The van der Waals surface area contributed by atoms with Gasteiger partial charge in [-0.05, 0) is 19.4 Å². The highest BCUT2D eigenvalue weighted by Crippen LogP contribution is 2.22. The molecule has 0 aliphatic carbocycles. The van der Waals surface area contributed by atoms with Crippen LogP contribution in [0.1, 0.15) is 21.9 Å². The van der Waals surface area contributed by atoms with Crippen molar-refractivity contribution in [1.82, 2.24) is 20.2 Å². The van der Waals surface area contributed by atoms with E-state index in [2.05, 4.69) is 15.3 Å². The van der Waals surface area contributed by atoms with E-state index in [0.717, 1.165) is 22.7 Å². The van der Waals surface area contributed by atoms with Crippen molar-refractivity contribution in [1.29, 1.82) is 0 Å². The van der Waals surface area contributed by atoms with Crippen LogP contribution in [0.4, 0.5) is 0 Å². The summed E-state index contributed by atoms with van der Waals surface area (Å²) in [5, 5.41) is 5.72. The lowest BCUT2D eigenvalue weighted by Gasteiger charge is -2.17. The van der Waals surface area contributed by atoms with Gasteiger partial charge in [0.1, 0.15) is 5.69 Å². The Kier molecular flexibility index (Phi) is 3.74. The van der Waals surface area contributed by atoms with Crippen molar-refractivity contribution < 1.29 is 9.59 Å². The van der Waals surface area contributed by atoms with Crippen LogP contribution in [0.3, 0.4) is 0 Å². The summed E-state index contributed by atoms with van der Waals surface area (Å²) in [6.07, 6.45) is 2.55. The number of carbonyl (C=O) groups excluding carboxylic acids is 2. The van der Waals surface area contributed by atoms with Crippen molar-refractivity contribution in [3.05, 3.63) is 28.3 Å². The second kappa shape index (κ2) is 5.69. The van der Waals surface area contributed by atoms with Crippen molar-refractivity contribution >= 4 is 23.2 Å². The first kappa shape index (κ1) is 13.8. The molecule has 1 saturated heterocycles. The Balaban J connectivity index is 1.79. The minimum Gasteiger partial charge on any atom is -0.357 e. The average Bonchev–Trinajstić information content (AvgIpc) is 3.05. The number of rotatable bonds is 2. The van der Waals surface area contributed by atoms with Gasteiger partial charge in [-0.2, -0.15) is 0 Å². The van der Waals surface area contributed by atoms with E-state index in [1.165, 1.54) is 0 Å². The van der Waals surface area contributed by atoms with E-state index in [9.17, 15) is 9.59 Å². The zero-order valence-corrected chi connectivity index (χ0v) is 12.5. The maximum Gasteiger partial charge on any atom is 0.270 e. The van der Waals surface area contributed by atoms with Gasteiger partial charge in [0.15, 0.2) is 0 Å². The van der Waals surface area contributed by atoms with E-state index in [0.29, 0.717) is 18.8 Å². The van der Waals surface area contributed by atoms with Gasteiger partial charge in [0.2, 0.25) is 5.91 Å². The van der Waals surface area contributed by atoms with Gasteiger partial charge < -0.3 is 15.2 Å². The van der Waals surface area contributed by atoms with Gasteiger partial charge in [0.25, 0.3) is 5.91 Å². The molecular formula is C14H16N4O2S. The molecule has 2 N–H and O–H groups in total. The Morgan fingerprint density at radius 2 is 2.33 bits per heavy atom. The predicted molar refractivity (Wildman–Crippen MR) is 80.2 cm³/mol. The molecule has 0 unspecified atom stereocenters. The van der Waals surface area contributed by atoms with E-state index < -0.39 is 0 Å². The van der Waals surface area contributed by atoms with Crippen LogP contribution < -0.4 is 5.32 Å². The highest BCUT2D eigenvalue weighted by molar-refractivity contribution is 7.09. The molecule has 1 aliphatic rings. The number of nitrogens with one attached hydrogen (secondary N) is 2. The minimum absolute atomic E-state index is 0.109. The van der Waals surface area contributed by atoms with Crippen LogP contribution in [0, 0.1) is 6.92 Å². The maximum atomic E-state index is 12.4. The minimum atomic E-state index is -0.148. The molecule has 3 heterocycles. The summed E-state index contributed by atoms with van der Waals surface area (Å²) < 4.78 is 0. The van der Waals surface area contributed by atoms with Crippen LogP contribution in [0.2, 0.25) is 0 Å². The molecular weight excluding hydrogens is 288 g/mol. The topological polar surface area (TPSA) is 78.1 Å². The number of aromatic nitrogens is 2. The molecule has 1 aliphatic heterocycles. The second-order valence-electron chi connectivity index (χ2n) is 4.98. The number of H-pyrrole nitrogens is 1. The van der Waals surface area contributed by atoms with Crippen LogP contribution in [0.5, 0.6) is 0 Å². The Labute approximate surface area is 126 Å². The van der Waals surface area contributed by atoms with Crippen molar-refractivity contribution in [3.63, 3.8) is 0 Å². The molecule has 0 saturated carbocycles. The van der Waals surface area contributed by atoms with Crippen molar-refractivity contribution in [2.75, 3.05) is 19.6 Å². The van der Waals surface area contributed by atoms with Crippen molar-refractivity contribution in [2.45, 2.75) is 13.3 Å². The monoisotopic (exact) mass is 304 g/mol. The van der Waals surface area contributed by atoms with Gasteiger partial charge in [-0.3, -0.25) is 9.59 Å². The lowest BCUT2D eigenvalue weighted by molar-refractivity contribution is -0.121. The first-order valence-electron chi connectivity index (χ1n) is 6.80. The number of hydrogen-bond donors (Lipinski definition) is 2. The lowest BCUT2D eigenvalue weighted by Crippen LogP contribution is -2.37. The quantitative estimate of drug-likeness (QED) is 0.880. The van der Waals surface area contributed by atoms with Crippen LogP contribution in [-0.2, 0) is 4.79 Å². The SMILES string of the molecule is Cc1nc(-c2c[nH]c(C(=O)N3CCCNC(=O)C3)c2)cs1. The van der Waals surface area contributed by atoms with Gasteiger partial charge in [0, 0.05) is 30.2 Å². The Hall–Kier alpha value is -2.15. The Morgan fingerprint density at radius 3 is 3.10 bits per heavy atom. The van der Waals surface area contributed by atoms with E-state index >= 15 is 0 Å². The van der Waals surface area contributed by atoms with E-state index in [1.807, 2.05) is 12.3 Å². The first-order valence-corrected chi connectivity index (χ1v) is 7.68. The lowest BCUT2D eigenvalue weighted by atomic mass is 10.2. The molecule has 0 bridgehead atoms. The highest BCUT2D eigenvalue weighted by Gasteiger charge is 2.22. The average molecular weight is 304 g/mol. The van der Waals surface area contributed by atoms with Gasteiger partial charge in [-0.15, -0.1) is 11.3 Å². The molecule has 0 atom stereocenters. The molecule has 1 fully saturated rings. The molecule has 0 radical (unpaired) electrons. The third kappa shape index (κ3) is 2.97. The fourth-order valence-corrected chi connectivity index (χ4v) is 2.93. The number of aryl methyl sites for hydroxylation is 1. The fourth-order valence-electron chi connectivity index (χ4n) is 2.31. The van der Waals surface area contributed by atoms with Crippen molar-refractivity contribution in [3.8, 4) is 11.3 Å². The molecule has 7 heteroatoms. The number of hydrogen-bond acceptors (Lipinski definition) is 4. The van der Waals surface area contributed by atoms with Crippen LogP contribution in [0.15, 0.2) is 17.6 Å². The van der Waals surface area contributed by atoms with Crippen LogP contribution in [0.25, 0.3) is 11.3 Å². The normalized spacial score (nSPS) is 15.7.